The van der Waals surface area contributed by atoms with Crippen LogP contribution in [-0.2, 0) is 9.59 Å². The van der Waals surface area contributed by atoms with Crippen LogP contribution in [0, 0.1) is 0 Å². The smallest absolute Gasteiger partial charge is 0.330 e. The number of rotatable bonds is 4. The minimum Gasteiger partial charge on any atom is -0.547 e. The summed E-state index contributed by atoms with van der Waals surface area (Å²) in [5, 5.41) is 41.0. The maximum atomic E-state index is 9.63. The fraction of sp³-hybridized carbons (Fsp3) is 0.200. The van der Waals surface area contributed by atoms with Gasteiger partial charge in [-0.15, -0.1) is 0 Å². The van der Waals surface area contributed by atoms with Crippen molar-refractivity contribution in [1.29, 1.82) is 0 Å². The molecule has 0 spiro atoms. The lowest BCUT2D eigenvalue weighted by Crippen LogP contribution is -2.51. The van der Waals surface area contributed by atoms with Gasteiger partial charge in [0, 0.05) is 10.8 Å². The highest BCUT2D eigenvalue weighted by molar-refractivity contribution is 7.14. The number of nitrogen functional groups attached to an aromatic ring is 2. The van der Waals surface area contributed by atoms with E-state index in [1.807, 2.05) is 10.8 Å². The number of aliphatic hydroxyl groups excluding tert-OH is 2. The van der Waals surface area contributed by atoms with Crippen molar-refractivity contribution < 1.29 is 40.0 Å². The second kappa shape index (κ2) is 7.65. The first-order valence-corrected chi connectivity index (χ1v) is 7.29. The van der Waals surface area contributed by atoms with E-state index in [1.54, 1.807) is 0 Å². The van der Waals surface area contributed by atoms with E-state index in [2.05, 4.69) is 9.97 Å². The molecule has 2 atom stereocenters. The molecule has 120 valence electrons. The highest BCUT2D eigenvalue weighted by atomic mass is 32.1. The fourth-order valence-corrected chi connectivity index (χ4v) is 2.35. The van der Waals surface area contributed by atoms with Gasteiger partial charge in [0.25, 0.3) is 0 Å². The Kier molecular flexibility index (Phi) is 6.18. The Hall–Kier alpha value is -2.28. The minimum atomic E-state index is -2.44. The van der Waals surface area contributed by atoms with Crippen molar-refractivity contribution in [3.05, 3.63) is 10.8 Å². The average molecular weight is 348 g/mol. The van der Waals surface area contributed by atoms with E-state index in [-0.39, 0.29) is 0 Å². The van der Waals surface area contributed by atoms with Crippen LogP contribution in [0.4, 0.5) is 10.3 Å². The van der Waals surface area contributed by atoms with Crippen molar-refractivity contribution in [2.75, 3.05) is 11.5 Å². The van der Waals surface area contributed by atoms with E-state index in [9.17, 15) is 19.8 Å². The molecule has 8 N–H and O–H groups in total. The van der Waals surface area contributed by atoms with E-state index in [1.165, 1.54) is 22.7 Å². The lowest BCUT2D eigenvalue weighted by Gasteiger charge is -2.18. The van der Waals surface area contributed by atoms with E-state index < -0.39 is 24.1 Å². The van der Waals surface area contributed by atoms with Crippen LogP contribution in [0.25, 0.3) is 11.4 Å². The quantitative estimate of drug-likeness (QED) is 0.423. The highest BCUT2D eigenvalue weighted by Gasteiger charge is 2.17. The van der Waals surface area contributed by atoms with Gasteiger partial charge in [0.1, 0.15) is 12.2 Å². The van der Waals surface area contributed by atoms with Gasteiger partial charge in [-0.1, -0.05) is 22.7 Å². The second-order valence-electron chi connectivity index (χ2n) is 3.81. The number of aromatic nitrogens is 2. The van der Waals surface area contributed by atoms with Crippen LogP contribution in [0.2, 0.25) is 0 Å². The molecule has 0 aliphatic carbocycles. The van der Waals surface area contributed by atoms with Gasteiger partial charge in [0.2, 0.25) is 0 Å². The summed E-state index contributed by atoms with van der Waals surface area (Å²) in [4.78, 5) is 25.3. The number of H-pyrrole nitrogens is 2. The van der Waals surface area contributed by atoms with E-state index in [4.69, 9.17) is 21.7 Å². The molecule has 0 aromatic carbocycles. The molecule has 0 saturated heterocycles. The number of nitrogens with two attached hydrogens (primary N) is 2. The monoisotopic (exact) mass is 348 g/mol. The third kappa shape index (κ3) is 4.92. The Labute approximate surface area is 131 Å². The molecule has 10 nitrogen and oxygen atoms in total. The van der Waals surface area contributed by atoms with Crippen LogP contribution in [0.1, 0.15) is 0 Å². The number of carboxylic acids is 2. The summed E-state index contributed by atoms with van der Waals surface area (Å²) in [7, 11) is 0. The predicted molar refractivity (Wildman–Crippen MR) is 71.6 cm³/mol. The van der Waals surface area contributed by atoms with Crippen molar-refractivity contribution in [3.8, 4) is 11.4 Å². The van der Waals surface area contributed by atoms with Gasteiger partial charge < -0.3 is 30.0 Å². The van der Waals surface area contributed by atoms with Crippen molar-refractivity contribution in [3.63, 3.8) is 0 Å². The van der Waals surface area contributed by atoms with Gasteiger partial charge in [-0.2, -0.15) is 0 Å². The van der Waals surface area contributed by atoms with Crippen LogP contribution < -0.4 is 31.6 Å². The fourth-order valence-electron chi connectivity index (χ4n) is 1.15. The van der Waals surface area contributed by atoms with Crippen LogP contribution in [-0.4, -0.2) is 34.4 Å². The van der Waals surface area contributed by atoms with Gasteiger partial charge in [-0.25, -0.2) is 9.97 Å². The molecule has 2 heterocycles. The predicted octanol–water partition coefficient (Wildman–Crippen LogP) is -4.52. The number of hydrogen-bond donors (Lipinski definition) is 4. The Balaban J connectivity index is 0.000000225. The molecule has 0 saturated carbocycles. The molecule has 22 heavy (non-hydrogen) atoms. The number of aromatic amines is 2. The lowest BCUT2D eigenvalue weighted by atomic mass is 10.2. The molecule has 0 unspecified atom stereocenters. The van der Waals surface area contributed by atoms with E-state index >= 15 is 0 Å². The number of aliphatic hydroxyl groups is 2. The summed E-state index contributed by atoms with van der Waals surface area (Å²) in [6.45, 7) is 0. The van der Waals surface area contributed by atoms with Gasteiger partial charge in [-0.05, 0) is 0 Å². The van der Waals surface area contributed by atoms with Gasteiger partial charge in [0.15, 0.2) is 11.4 Å². The summed E-state index contributed by atoms with van der Waals surface area (Å²) in [5.74, 6) is -4.12. The number of thiazole rings is 2. The Bertz CT molecular complexity index is 601. The van der Waals surface area contributed by atoms with E-state index in [0.717, 1.165) is 11.4 Å². The first kappa shape index (κ1) is 17.8. The molecule has 0 fully saturated rings. The number of carbonyl (C=O) groups excluding carboxylic acids is 2. The highest BCUT2D eigenvalue weighted by Crippen LogP contribution is 2.18. The topological polar surface area (TPSA) is 201 Å². The van der Waals surface area contributed by atoms with E-state index in [0.29, 0.717) is 10.3 Å². The lowest BCUT2D eigenvalue weighted by molar-refractivity contribution is -0.378. The third-order valence-electron chi connectivity index (χ3n) is 2.20. The molecule has 2 aromatic rings. The summed E-state index contributed by atoms with van der Waals surface area (Å²) in [5.41, 5.74) is 13.0. The molecular formula is C10H12N4O6S2. The first-order chi connectivity index (χ1) is 10.2. The largest absolute Gasteiger partial charge is 0.547 e. The molecule has 2 aromatic heterocycles. The van der Waals surface area contributed by atoms with Crippen LogP contribution in [0.15, 0.2) is 10.8 Å². The molecule has 0 bridgehead atoms. The van der Waals surface area contributed by atoms with Crippen LogP contribution in [0.5, 0.6) is 0 Å². The summed E-state index contributed by atoms with van der Waals surface area (Å²) in [6, 6.07) is 0. The minimum absolute atomic E-state index is 0.697. The van der Waals surface area contributed by atoms with Crippen LogP contribution >= 0.6 is 22.7 Å². The number of nitrogens with one attached hydrogen (secondary N) is 2. The van der Waals surface area contributed by atoms with Gasteiger partial charge in [0.05, 0.1) is 11.9 Å². The standard InChI is InChI=1S/C6H6N4S2.C4H6O6/c7-5-9-3(1-11-5)4-2-12-6(8)10-4;5-1(3(7)8)2(6)4(9)10/h1-2H,(H2,7,9)(H2,8,10);1-2,5-6H,(H,7,8)(H,9,10)/t;1-,2-/m.1/s1. The molecule has 0 radical (unpaired) electrons. The number of aliphatic carboxylic acids is 2. The van der Waals surface area contributed by atoms with Gasteiger partial charge >= 0.3 is 10.3 Å². The second-order valence-corrected chi connectivity index (χ2v) is 5.63. The maximum Gasteiger partial charge on any atom is 0.330 e. The molecule has 0 aliphatic heterocycles. The third-order valence-corrected chi connectivity index (χ3v) is 3.61. The number of hydrogen-bond acceptors (Lipinski definition) is 10. The van der Waals surface area contributed by atoms with Crippen molar-refractivity contribution in [2.24, 2.45) is 0 Å². The van der Waals surface area contributed by atoms with Crippen LogP contribution in [0.3, 0.4) is 0 Å². The zero-order valence-corrected chi connectivity index (χ0v) is 12.4. The SMILES string of the molecule is Nc1[nH+]c(-c2csc(N)[nH+]2)cs1.O=C([O-])[C@H](O)[C@@H](O)C(=O)[O-]. The zero-order chi connectivity index (χ0) is 16.9. The van der Waals surface area contributed by atoms with Crippen molar-refractivity contribution in [2.45, 2.75) is 12.2 Å². The molecule has 0 aliphatic rings. The Morgan fingerprint density at radius 2 is 1.27 bits per heavy atom. The zero-order valence-electron chi connectivity index (χ0n) is 10.8. The Morgan fingerprint density at radius 1 is 0.955 bits per heavy atom. The molecular weight excluding hydrogens is 336 g/mol. The number of carboxylic acid groups (broad SMARTS) is 2. The molecule has 0 amide bonds. The summed E-state index contributed by atoms with van der Waals surface area (Å²) in [6.07, 6.45) is -4.88. The van der Waals surface area contributed by atoms with Crippen molar-refractivity contribution in [1.82, 2.24) is 0 Å². The normalized spacial score (nSPS) is 12.8. The summed E-state index contributed by atoms with van der Waals surface area (Å²) >= 11 is 2.95. The number of anilines is 2. The summed E-state index contributed by atoms with van der Waals surface area (Å²) < 4.78 is 0. The molecule has 12 heteroatoms. The molecule has 2 rings (SSSR count). The first-order valence-electron chi connectivity index (χ1n) is 5.53. The Morgan fingerprint density at radius 3 is 1.45 bits per heavy atom. The van der Waals surface area contributed by atoms with Crippen molar-refractivity contribution >= 4 is 44.9 Å². The maximum absolute atomic E-state index is 9.63. The van der Waals surface area contributed by atoms with Gasteiger partial charge in [-0.3, -0.25) is 11.5 Å². The average Bonchev–Trinajstić information content (AvgIpc) is 3.06. The number of carbonyl (C=O) groups is 2.